The number of halogens is 4. The van der Waals surface area contributed by atoms with Crippen molar-refractivity contribution in [2.24, 2.45) is 0 Å². The van der Waals surface area contributed by atoms with E-state index in [1.165, 1.54) is 12.1 Å². The number of para-hydroxylation sites is 2. The molecule has 0 bridgehead atoms. The molecule has 336 valence electrons. The number of ether oxygens (including phenoxy) is 2. The minimum Gasteiger partial charge on any atom is -0.477 e. The largest absolute Gasteiger partial charge is 0.477 e. The highest BCUT2D eigenvalue weighted by atomic mass is 19.3. The van der Waals surface area contributed by atoms with Gasteiger partial charge < -0.3 is 40.1 Å². The quantitative estimate of drug-likeness (QED) is 0.109. The van der Waals surface area contributed by atoms with Crippen LogP contribution < -0.4 is 41.0 Å². The van der Waals surface area contributed by atoms with Crippen LogP contribution in [0, 0.1) is 0 Å². The number of aldehydes is 1. The lowest BCUT2D eigenvalue weighted by Crippen LogP contribution is -2.60. The number of fused-ring (bicyclic) bond motifs is 2. The Morgan fingerprint density at radius 2 is 1.56 bits per heavy atom. The number of anilines is 2. The third-order valence-corrected chi connectivity index (χ3v) is 12.6. The van der Waals surface area contributed by atoms with E-state index in [1.54, 1.807) is 30.3 Å². The zero-order valence-electron chi connectivity index (χ0n) is 34.3. The van der Waals surface area contributed by atoms with Gasteiger partial charge >= 0.3 is 13.1 Å². The molecule has 63 heavy (non-hydrogen) atoms. The Hall–Kier alpha value is -5.72. The SMILES string of the molecule is O=CC1(CNC2CCCC(c3ccc4c(c3)OC(C(=O)NC3CCCCC3O)CN4Cc3ccn(C(F)F)c(=O)c3)C2O)CN(Cc2ccc(=O)n(C(F)F)c2)c2ccccc2O1. The van der Waals surface area contributed by atoms with Crippen LogP contribution in [0.2, 0.25) is 0 Å². The zero-order chi connectivity index (χ0) is 44.4. The van der Waals surface area contributed by atoms with Crippen molar-refractivity contribution in [1.82, 2.24) is 19.8 Å². The summed E-state index contributed by atoms with van der Waals surface area (Å²) in [6, 6.07) is 16.7. The van der Waals surface area contributed by atoms with Gasteiger partial charge in [-0.3, -0.25) is 28.3 Å². The van der Waals surface area contributed by atoms with Crippen molar-refractivity contribution in [3.05, 3.63) is 117 Å². The minimum absolute atomic E-state index is 0.00291. The van der Waals surface area contributed by atoms with Crippen molar-refractivity contribution < 1.29 is 46.8 Å². The van der Waals surface area contributed by atoms with Gasteiger partial charge in [-0.25, -0.2) is 0 Å². The number of rotatable bonds is 13. The number of hydrogen-bond acceptors (Lipinski definition) is 11. The van der Waals surface area contributed by atoms with Gasteiger partial charge in [-0.2, -0.15) is 17.6 Å². The average molecular weight is 879 g/mol. The normalized spacial score (nSPS) is 25.8. The maximum Gasteiger partial charge on any atom is 0.321 e. The molecule has 4 heterocycles. The Labute approximate surface area is 360 Å². The molecular formula is C45H50F4N6O8. The molecule has 4 N–H and O–H groups in total. The lowest BCUT2D eigenvalue weighted by Gasteiger charge is -2.43. The van der Waals surface area contributed by atoms with Crippen molar-refractivity contribution in [2.75, 3.05) is 29.4 Å². The number of hydrogen-bond donors (Lipinski definition) is 4. The second-order valence-electron chi connectivity index (χ2n) is 16.9. The van der Waals surface area contributed by atoms with Crippen LogP contribution in [0.4, 0.5) is 28.9 Å². The van der Waals surface area contributed by atoms with Crippen LogP contribution in [0.25, 0.3) is 0 Å². The molecule has 4 aliphatic rings. The number of aliphatic hydroxyl groups excluding tert-OH is 2. The Morgan fingerprint density at radius 3 is 2.32 bits per heavy atom. The highest BCUT2D eigenvalue weighted by Gasteiger charge is 2.43. The predicted octanol–water partition coefficient (Wildman–Crippen LogP) is 4.61. The molecule has 2 fully saturated rings. The fraction of sp³-hybridized carbons (Fsp3) is 0.467. The van der Waals surface area contributed by atoms with E-state index in [1.807, 2.05) is 21.9 Å². The Bertz CT molecular complexity index is 2420. The highest BCUT2D eigenvalue weighted by molar-refractivity contribution is 5.83. The molecule has 2 aliphatic carbocycles. The molecule has 4 aromatic rings. The van der Waals surface area contributed by atoms with Crippen LogP contribution >= 0.6 is 0 Å². The van der Waals surface area contributed by atoms with Crippen LogP contribution in [-0.2, 0) is 22.7 Å². The molecule has 0 saturated heterocycles. The molecule has 1 amide bonds. The first-order valence-corrected chi connectivity index (χ1v) is 21.2. The van der Waals surface area contributed by atoms with Crippen molar-refractivity contribution in [2.45, 2.75) is 113 Å². The van der Waals surface area contributed by atoms with Gasteiger partial charge in [0, 0.05) is 56.1 Å². The Balaban J connectivity index is 1.01. The summed E-state index contributed by atoms with van der Waals surface area (Å²) in [6.07, 6.45) is 5.00. The van der Waals surface area contributed by atoms with E-state index in [0.29, 0.717) is 81.5 Å². The lowest BCUT2D eigenvalue weighted by molar-refractivity contribution is -0.130. The number of amides is 1. The molecule has 0 radical (unpaired) electrons. The summed E-state index contributed by atoms with van der Waals surface area (Å²) < 4.78 is 67.2. The van der Waals surface area contributed by atoms with E-state index in [4.69, 9.17) is 9.47 Å². The molecule has 2 aliphatic heterocycles. The Kier molecular flexibility index (Phi) is 12.9. The fourth-order valence-electron chi connectivity index (χ4n) is 9.34. The third kappa shape index (κ3) is 9.48. The summed E-state index contributed by atoms with van der Waals surface area (Å²) in [5, 5.41) is 28.9. The van der Waals surface area contributed by atoms with Crippen molar-refractivity contribution in [3.63, 3.8) is 0 Å². The molecule has 7 atom stereocenters. The van der Waals surface area contributed by atoms with Crippen molar-refractivity contribution in [3.8, 4) is 11.5 Å². The number of benzene rings is 2. The number of nitrogens with one attached hydrogen (secondary N) is 2. The summed E-state index contributed by atoms with van der Waals surface area (Å²) in [4.78, 5) is 54.9. The van der Waals surface area contributed by atoms with Gasteiger partial charge in [-0.1, -0.05) is 43.5 Å². The van der Waals surface area contributed by atoms with Crippen LogP contribution in [0.3, 0.4) is 0 Å². The van der Waals surface area contributed by atoms with Crippen LogP contribution in [0.5, 0.6) is 11.5 Å². The van der Waals surface area contributed by atoms with E-state index < -0.39 is 72.0 Å². The first-order chi connectivity index (χ1) is 30.3. The molecule has 2 aromatic heterocycles. The van der Waals surface area contributed by atoms with Gasteiger partial charge in [0.2, 0.25) is 0 Å². The summed E-state index contributed by atoms with van der Waals surface area (Å²) in [7, 11) is 0. The molecule has 8 rings (SSSR count). The first-order valence-electron chi connectivity index (χ1n) is 21.2. The van der Waals surface area contributed by atoms with Gasteiger partial charge in [0.15, 0.2) is 18.0 Å². The minimum atomic E-state index is -3.02. The number of carbonyl (C=O) groups is 2. The second kappa shape index (κ2) is 18.6. The molecular weight excluding hydrogens is 829 g/mol. The van der Waals surface area contributed by atoms with Crippen molar-refractivity contribution in [1.29, 1.82) is 0 Å². The van der Waals surface area contributed by atoms with Gasteiger partial charge in [0.05, 0.1) is 42.7 Å². The molecule has 0 spiro atoms. The summed E-state index contributed by atoms with van der Waals surface area (Å²) in [5.41, 5.74) is -0.288. The monoisotopic (exact) mass is 878 g/mol. The number of nitrogens with zero attached hydrogens (tertiary/aromatic N) is 4. The average Bonchev–Trinajstić information content (AvgIpc) is 3.27. The van der Waals surface area contributed by atoms with E-state index in [2.05, 4.69) is 10.6 Å². The molecule has 14 nitrogen and oxygen atoms in total. The second-order valence-corrected chi connectivity index (χ2v) is 16.9. The van der Waals surface area contributed by atoms with E-state index in [-0.39, 0.29) is 32.7 Å². The van der Waals surface area contributed by atoms with Crippen LogP contribution in [0.1, 0.15) is 80.7 Å². The number of aliphatic hydroxyl groups is 2. The summed E-state index contributed by atoms with van der Waals surface area (Å²) >= 11 is 0. The smallest absolute Gasteiger partial charge is 0.321 e. The first kappa shape index (κ1) is 43.9. The predicted molar refractivity (Wildman–Crippen MR) is 224 cm³/mol. The number of carbonyl (C=O) groups excluding carboxylic acids is 2. The van der Waals surface area contributed by atoms with E-state index >= 15 is 0 Å². The number of aromatic nitrogens is 2. The number of pyridine rings is 2. The van der Waals surface area contributed by atoms with Crippen LogP contribution in [-0.4, -0.2) is 87.2 Å². The molecule has 7 unspecified atom stereocenters. The topological polar surface area (TPSA) is 168 Å². The van der Waals surface area contributed by atoms with Gasteiger partial charge in [0.25, 0.3) is 17.0 Å². The third-order valence-electron chi connectivity index (χ3n) is 12.6. The highest BCUT2D eigenvalue weighted by Crippen LogP contribution is 2.42. The van der Waals surface area contributed by atoms with Crippen molar-refractivity contribution >= 4 is 23.6 Å². The van der Waals surface area contributed by atoms with Gasteiger partial charge in [0.1, 0.15) is 11.5 Å². The Morgan fingerprint density at radius 1 is 0.810 bits per heavy atom. The fourth-order valence-corrected chi connectivity index (χ4v) is 9.34. The maximum absolute atomic E-state index is 13.7. The summed E-state index contributed by atoms with van der Waals surface area (Å²) in [6.45, 7) is -5.70. The zero-order valence-corrected chi connectivity index (χ0v) is 34.3. The molecule has 18 heteroatoms. The number of alkyl halides is 4. The molecule has 2 aromatic carbocycles. The lowest BCUT2D eigenvalue weighted by atomic mass is 9.78. The van der Waals surface area contributed by atoms with Gasteiger partial charge in [-0.05, 0) is 72.7 Å². The molecule has 2 saturated carbocycles. The van der Waals surface area contributed by atoms with E-state index in [9.17, 15) is 47.0 Å². The van der Waals surface area contributed by atoms with Crippen LogP contribution in [0.15, 0.2) is 88.7 Å². The van der Waals surface area contributed by atoms with E-state index in [0.717, 1.165) is 42.9 Å². The summed E-state index contributed by atoms with van der Waals surface area (Å²) in [5.74, 6) is -0.0623. The maximum atomic E-state index is 13.7. The standard InChI is InChI=1S/C45H50F4N6O8/c46-43(47)54-17-16-27(18-40(54)59)20-52-23-38(42(61)51-31-7-1-3-10-35(31)57)62-37-19-29(13-14-34(37)52)30-6-5-8-32(41(30)60)50-24-45(26-56)25-53(33-9-2-4-11-36(33)63-45)21-28-12-15-39(58)55(22-28)44(48)49/h2,4,9,11-19,22,26,30-32,35,38,41,43-44,50,57,60H,1,3,5-8,10,20-21,23-25H2,(H,51,61). The van der Waals surface area contributed by atoms with Gasteiger partial charge in [-0.15, -0.1) is 0 Å².